The molecule has 3 N–H and O–H groups in total. The molecule has 0 radical (unpaired) electrons. The van der Waals surface area contributed by atoms with Crippen molar-refractivity contribution in [1.29, 1.82) is 0 Å². The van der Waals surface area contributed by atoms with Crippen LogP contribution < -0.4 is 16.0 Å². The Kier molecular flexibility index (Phi) is 9.98. The Bertz CT molecular complexity index is 564. The molecule has 158 valence electrons. The zero-order chi connectivity index (χ0) is 20.4. The smallest absolute Gasteiger partial charge is 0.245 e. The maximum atomic E-state index is 12.7. The molecule has 0 unspecified atom stereocenters. The summed E-state index contributed by atoms with van der Waals surface area (Å²) in [5, 5.41) is 8.93. The number of hydrogen-bond acceptors (Lipinski definition) is 6. The van der Waals surface area contributed by atoms with Gasteiger partial charge in [0.2, 0.25) is 11.8 Å². The van der Waals surface area contributed by atoms with Gasteiger partial charge in [0, 0.05) is 25.1 Å². The number of rotatable bonds is 10. The van der Waals surface area contributed by atoms with E-state index >= 15 is 0 Å². The number of thioether (sulfide) groups is 1. The minimum absolute atomic E-state index is 0.111. The van der Waals surface area contributed by atoms with Gasteiger partial charge < -0.3 is 10.6 Å². The molecular formula is C20H33N3O4S. The van der Waals surface area contributed by atoms with Crippen molar-refractivity contribution in [2.45, 2.75) is 89.3 Å². The minimum Gasteiger partial charge on any atom is -0.352 e. The van der Waals surface area contributed by atoms with Crippen molar-refractivity contribution in [1.82, 2.24) is 16.0 Å². The summed E-state index contributed by atoms with van der Waals surface area (Å²) < 4.78 is 0. The van der Waals surface area contributed by atoms with Crippen LogP contribution in [0.25, 0.3) is 0 Å². The van der Waals surface area contributed by atoms with Crippen molar-refractivity contribution >= 4 is 34.5 Å². The molecule has 8 heteroatoms. The second kappa shape index (κ2) is 12.2. The molecule has 1 aliphatic carbocycles. The van der Waals surface area contributed by atoms with E-state index in [1.54, 1.807) is 6.92 Å². The number of unbranched alkanes of at least 4 members (excludes halogenated alkanes) is 2. The molecule has 0 aromatic heterocycles. The molecule has 1 saturated carbocycles. The lowest BCUT2D eigenvalue weighted by Gasteiger charge is -2.25. The Morgan fingerprint density at radius 3 is 2.57 bits per heavy atom. The van der Waals surface area contributed by atoms with E-state index in [2.05, 4.69) is 16.0 Å². The molecular weight excluding hydrogens is 378 g/mol. The zero-order valence-corrected chi connectivity index (χ0v) is 17.6. The summed E-state index contributed by atoms with van der Waals surface area (Å²) in [6, 6.07) is -1.28. The summed E-state index contributed by atoms with van der Waals surface area (Å²) in [5.41, 5.74) is 0. The van der Waals surface area contributed by atoms with Crippen molar-refractivity contribution in [3.8, 4) is 0 Å². The maximum Gasteiger partial charge on any atom is 0.245 e. The van der Waals surface area contributed by atoms with Gasteiger partial charge >= 0.3 is 0 Å². The second-order valence-electron chi connectivity index (χ2n) is 7.70. The van der Waals surface area contributed by atoms with E-state index in [4.69, 9.17) is 0 Å². The fourth-order valence-electron chi connectivity index (χ4n) is 3.75. The van der Waals surface area contributed by atoms with Crippen LogP contribution in [0.2, 0.25) is 0 Å². The van der Waals surface area contributed by atoms with Crippen LogP contribution in [-0.2, 0) is 19.2 Å². The number of Topliss-reactive ketones (excluding diaryl/α,β-unsaturated/α-hetero) is 1. The Balaban J connectivity index is 1.85. The lowest BCUT2D eigenvalue weighted by atomic mass is 10.0. The second-order valence-corrected chi connectivity index (χ2v) is 8.97. The van der Waals surface area contributed by atoms with Crippen LogP contribution in [0.3, 0.4) is 0 Å². The van der Waals surface area contributed by atoms with Crippen molar-refractivity contribution in [3.05, 3.63) is 0 Å². The summed E-state index contributed by atoms with van der Waals surface area (Å²) in [4.78, 5) is 48.2. The maximum absolute atomic E-state index is 12.7. The predicted molar refractivity (Wildman–Crippen MR) is 110 cm³/mol. The Morgan fingerprint density at radius 2 is 1.89 bits per heavy atom. The summed E-state index contributed by atoms with van der Waals surface area (Å²) >= 11 is 1.31. The first-order valence-electron chi connectivity index (χ1n) is 10.5. The third-order valence-electron chi connectivity index (χ3n) is 5.31. The van der Waals surface area contributed by atoms with E-state index in [9.17, 15) is 19.2 Å². The molecule has 28 heavy (non-hydrogen) atoms. The lowest BCUT2D eigenvalue weighted by molar-refractivity contribution is -0.135. The van der Waals surface area contributed by atoms with E-state index in [-0.39, 0.29) is 22.8 Å². The van der Waals surface area contributed by atoms with Gasteiger partial charge in [-0.1, -0.05) is 37.4 Å². The van der Waals surface area contributed by atoms with Gasteiger partial charge in [-0.25, -0.2) is 0 Å². The first-order valence-corrected chi connectivity index (χ1v) is 11.5. The van der Waals surface area contributed by atoms with Gasteiger partial charge in [0.1, 0.15) is 12.1 Å². The van der Waals surface area contributed by atoms with Crippen LogP contribution in [0.5, 0.6) is 0 Å². The molecule has 1 aliphatic heterocycles. The molecule has 2 aliphatic rings. The number of nitrogens with one attached hydrogen (secondary N) is 3. The van der Waals surface area contributed by atoms with E-state index in [1.807, 2.05) is 0 Å². The number of piperidine rings is 1. The highest BCUT2D eigenvalue weighted by Crippen LogP contribution is 2.18. The molecule has 0 bridgehead atoms. The van der Waals surface area contributed by atoms with E-state index in [0.29, 0.717) is 19.4 Å². The molecule has 7 nitrogen and oxygen atoms in total. The average molecular weight is 412 g/mol. The monoisotopic (exact) mass is 411 g/mol. The standard InChI is InChI=1S/C20H33N3O4S/c1-14(24)28-13-6-2-3-10-16(19(26)22-15-8-4-5-9-15)23-20(27)18-17(25)11-7-12-21-18/h15-16,18,21H,2-13H2,1H3,(H,22,26)(H,23,27)/t16-,18-/m0/s1. The first-order chi connectivity index (χ1) is 13.5. The van der Waals surface area contributed by atoms with Crippen molar-refractivity contribution in [2.24, 2.45) is 0 Å². The third-order valence-corrected chi connectivity index (χ3v) is 6.21. The average Bonchev–Trinajstić information content (AvgIpc) is 3.16. The topological polar surface area (TPSA) is 104 Å². The number of amides is 2. The highest BCUT2D eigenvalue weighted by molar-refractivity contribution is 8.13. The number of carbonyl (C=O) groups is 4. The van der Waals surface area contributed by atoms with Gasteiger partial charge in [0.15, 0.2) is 10.9 Å². The number of carbonyl (C=O) groups excluding carboxylic acids is 4. The SMILES string of the molecule is CC(=O)SCCCCC[C@H](NC(=O)[C@H]1NCCCC1=O)C(=O)NC1CCCC1. The Hall–Kier alpha value is -1.41. The lowest BCUT2D eigenvalue weighted by Crippen LogP contribution is -2.57. The fourth-order valence-corrected chi connectivity index (χ4v) is 4.38. The highest BCUT2D eigenvalue weighted by atomic mass is 32.2. The molecule has 0 aromatic carbocycles. The Labute approximate surface area is 171 Å². The van der Waals surface area contributed by atoms with E-state index < -0.39 is 18.0 Å². The predicted octanol–water partition coefficient (Wildman–Crippen LogP) is 1.69. The molecule has 2 amide bonds. The van der Waals surface area contributed by atoms with Gasteiger partial charge in [-0.2, -0.15) is 0 Å². The van der Waals surface area contributed by atoms with Gasteiger partial charge in [-0.15, -0.1) is 0 Å². The largest absolute Gasteiger partial charge is 0.352 e. The van der Waals surface area contributed by atoms with Crippen molar-refractivity contribution < 1.29 is 19.2 Å². The molecule has 2 rings (SSSR count). The minimum atomic E-state index is -0.845. The van der Waals surface area contributed by atoms with Gasteiger partial charge in [0.05, 0.1) is 0 Å². The van der Waals surface area contributed by atoms with Crippen LogP contribution in [0.15, 0.2) is 0 Å². The third kappa shape index (κ3) is 7.91. The van der Waals surface area contributed by atoms with Crippen molar-refractivity contribution in [2.75, 3.05) is 12.3 Å². The van der Waals surface area contributed by atoms with Crippen LogP contribution in [0.1, 0.15) is 71.1 Å². The zero-order valence-electron chi connectivity index (χ0n) is 16.8. The van der Waals surface area contributed by atoms with Gasteiger partial charge in [-0.3, -0.25) is 24.5 Å². The van der Waals surface area contributed by atoms with Gasteiger partial charge in [-0.05, 0) is 38.6 Å². The number of hydrogen-bond donors (Lipinski definition) is 3. The van der Waals surface area contributed by atoms with Crippen LogP contribution in [-0.4, -0.2) is 53.1 Å². The highest BCUT2D eigenvalue weighted by Gasteiger charge is 2.32. The van der Waals surface area contributed by atoms with Crippen LogP contribution in [0.4, 0.5) is 0 Å². The quantitative estimate of drug-likeness (QED) is 0.373. The molecule has 0 spiro atoms. The molecule has 2 fully saturated rings. The van der Waals surface area contributed by atoms with Crippen molar-refractivity contribution in [3.63, 3.8) is 0 Å². The summed E-state index contributed by atoms with van der Waals surface area (Å²) in [6.45, 7) is 2.20. The van der Waals surface area contributed by atoms with Crippen LogP contribution in [0, 0.1) is 0 Å². The first kappa shape index (κ1) is 22.9. The summed E-state index contributed by atoms with van der Waals surface area (Å²) in [5.74, 6) is 0.117. The summed E-state index contributed by atoms with van der Waals surface area (Å²) in [7, 11) is 0. The fraction of sp³-hybridized carbons (Fsp3) is 0.800. The molecule has 2 atom stereocenters. The Morgan fingerprint density at radius 1 is 1.14 bits per heavy atom. The van der Waals surface area contributed by atoms with Crippen LogP contribution >= 0.6 is 11.8 Å². The van der Waals surface area contributed by atoms with Gasteiger partial charge in [0.25, 0.3) is 0 Å². The molecule has 1 saturated heterocycles. The molecule has 1 heterocycles. The van der Waals surface area contributed by atoms with E-state index in [0.717, 1.165) is 57.1 Å². The summed E-state index contributed by atoms with van der Waals surface area (Å²) in [6.07, 6.45) is 8.47. The number of ketones is 1. The molecule has 0 aromatic rings. The normalized spacial score (nSPS) is 21.3. The van der Waals surface area contributed by atoms with E-state index in [1.165, 1.54) is 11.8 Å².